The Morgan fingerprint density at radius 3 is 2.06 bits per heavy atom. The Labute approximate surface area is 305 Å². The van der Waals surface area contributed by atoms with E-state index in [0.717, 1.165) is 61.9 Å². The summed E-state index contributed by atoms with van der Waals surface area (Å²) in [5, 5.41) is 3.23. The summed E-state index contributed by atoms with van der Waals surface area (Å²) in [7, 11) is 10.9. The lowest BCUT2D eigenvalue weighted by molar-refractivity contribution is -0.117. The van der Waals surface area contributed by atoms with Crippen LogP contribution in [0.15, 0.2) is 54.6 Å². The summed E-state index contributed by atoms with van der Waals surface area (Å²) in [5.74, 6) is 4.90. The molecule has 1 fully saturated rings. The van der Waals surface area contributed by atoms with E-state index < -0.39 is 0 Å². The van der Waals surface area contributed by atoms with Crippen molar-refractivity contribution in [1.82, 2.24) is 9.80 Å². The largest absolute Gasteiger partial charge is 0.493 e. The lowest BCUT2D eigenvalue weighted by Gasteiger charge is -2.37. The molecule has 52 heavy (non-hydrogen) atoms. The lowest BCUT2D eigenvalue weighted by atomic mass is 9.86. The molecule has 10 nitrogen and oxygen atoms in total. The molecule has 0 spiro atoms. The molecule has 0 radical (unpaired) electrons. The molecule has 9 rings (SSSR count). The zero-order valence-electron chi connectivity index (χ0n) is 30.8. The molecular weight excluding hydrogens is 658 g/mol. The number of carbonyl (C=O) groups is 1. The van der Waals surface area contributed by atoms with Crippen molar-refractivity contribution in [2.24, 2.45) is 5.92 Å². The van der Waals surface area contributed by atoms with Crippen molar-refractivity contribution in [3.63, 3.8) is 0 Å². The highest BCUT2D eigenvalue weighted by Crippen LogP contribution is 2.52. The monoisotopic (exact) mass is 705 g/mol. The predicted octanol–water partition coefficient (Wildman–Crippen LogP) is 7.51. The van der Waals surface area contributed by atoms with Gasteiger partial charge in [0.05, 0.1) is 28.4 Å². The highest BCUT2D eigenvalue weighted by Gasteiger charge is 2.36. The molecule has 4 aromatic carbocycles. The molecule has 4 heterocycles. The summed E-state index contributed by atoms with van der Waals surface area (Å²) >= 11 is 0. The van der Waals surface area contributed by atoms with Crippen LogP contribution in [0.1, 0.15) is 58.3 Å². The molecule has 0 unspecified atom stereocenters. The number of likely N-dealkylation sites (N-methyl/N-ethyl adjacent to an activating group) is 2. The van der Waals surface area contributed by atoms with Crippen LogP contribution in [0.5, 0.6) is 46.0 Å². The minimum Gasteiger partial charge on any atom is -0.493 e. The normalized spacial score (nSPS) is 19.7. The zero-order chi connectivity index (χ0) is 36.1. The van der Waals surface area contributed by atoms with Crippen LogP contribution in [-0.4, -0.2) is 71.3 Å². The minimum absolute atomic E-state index is 0.0262. The number of methoxy groups -OCH3 is 4. The van der Waals surface area contributed by atoms with Crippen LogP contribution in [0.4, 0.5) is 5.69 Å². The minimum atomic E-state index is -0.156. The van der Waals surface area contributed by atoms with Gasteiger partial charge in [0.1, 0.15) is 5.75 Å². The van der Waals surface area contributed by atoms with E-state index in [1.54, 1.807) is 28.4 Å². The fraction of sp³-hybridized carbons (Fsp3) is 0.405. The first-order valence-electron chi connectivity index (χ1n) is 18.1. The molecule has 5 aliphatic rings. The maximum Gasteiger partial charge on any atom is 0.227 e. The van der Waals surface area contributed by atoms with Crippen LogP contribution in [0.3, 0.4) is 0 Å². The molecule has 4 aliphatic heterocycles. The Morgan fingerprint density at radius 1 is 0.712 bits per heavy atom. The maximum absolute atomic E-state index is 13.2. The van der Waals surface area contributed by atoms with Gasteiger partial charge >= 0.3 is 0 Å². The number of anilines is 1. The van der Waals surface area contributed by atoms with Crippen molar-refractivity contribution in [3.8, 4) is 46.0 Å². The van der Waals surface area contributed by atoms with Crippen LogP contribution < -0.4 is 33.7 Å². The molecule has 1 saturated carbocycles. The number of benzene rings is 4. The number of nitrogens with one attached hydrogen (secondary N) is 1. The van der Waals surface area contributed by atoms with E-state index in [1.165, 1.54) is 16.7 Å². The van der Waals surface area contributed by atoms with Gasteiger partial charge in [-0.25, -0.2) is 0 Å². The number of carbonyl (C=O) groups excluding carboxylic acids is 1. The summed E-state index contributed by atoms with van der Waals surface area (Å²) < 4.78 is 37.5. The Balaban J connectivity index is 1.36. The molecule has 2 atom stereocenters. The van der Waals surface area contributed by atoms with Crippen LogP contribution in [0.25, 0.3) is 0 Å². The van der Waals surface area contributed by atoms with Gasteiger partial charge in [-0.2, -0.15) is 0 Å². The van der Waals surface area contributed by atoms with Crippen LogP contribution in [-0.2, 0) is 30.5 Å². The molecule has 10 heteroatoms. The van der Waals surface area contributed by atoms with Crippen molar-refractivity contribution >= 4 is 11.6 Å². The summed E-state index contributed by atoms with van der Waals surface area (Å²) in [5.41, 5.74) is 7.42. The molecule has 0 saturated heterocycles. The summed E-state index contributed by atoms with van der Waals surface area (Å²) in [4.78, 5) is 18.0. The van der Waals surface area contributed by atoms with E-state index in [4.69, 9.17) is 28.4 Å². The maximum atomic E-state index is 13.2. The molecule has 1 amide bonds. The molecular formula is C42H47N3O7. The van der Waals surface area contributed by atoms with Crippen molar-refractivity contribution < 1.29 is 33.2 Å². The first kappa shape index (κ1) is 34.2. The first-order chi connectivity index (χ1) is 25.3. The summed E-state index contributed by atoms with van der Waals surface area (Å²) in [6, 6.07) is 18.5. The van der Waals surface area contributed by atoms with E-state index in [2.05, 4.69) is 59.5 Å². The molecule has 0 aromatic heterocycles. The van der Waals surface area contributed by atoms with Crippen molar-refractivity contribution in [1.29, 1.82) is 0 Å². The number of ether oxygens (including phenoxy) is 6. The van der Waals surface area contributed by atoms with Crippen LogP contribution in [0.2, 0.25) is 0 Å². The molecule has 272 valence electrons. The van der Waals surface area contributed by atoms with Gasteiger partial charge in [0.15, 0.2) is 34.5 Å². The SMILES string of the molecule is COc1cc(NC(=O)C2CC2)c2cc1Oc1ccc(cc1)C[C@H]1c3cc(c(OC)cc3CCN1C)Oc1c(OC)c(OC)cc3c1[C@H](C2)N(C)CC3. The number of rotatable bonds is 6. The smallest absolute Gasteiger partial charge is 0.227 e. The number of fused-ring (bicyclic) bond motifs is 2. The second-order valence-corrected chi connectivity index (χ2v) is 14.4. The first-order valence-corrected chi connectivity index (χ1v) is 18.1. The zero-order valence-corrected chi connectivity index (χ0v) is 30.8. The fourth-order valence-electron chi connectivity index (χ4n) is 8.04. The fourth-order valence-corrected chi connectivity index (χ4v) is 8.04. The topological polar surface area (TPSA) is 91.0 Å². The second kappa shape index (κ2) is 13.9. The number of amides is 1. The van der Waals surface area contributed by atoms with Crippen molar-refractivity contribution in [2.45, 2.75) is 50.6 Å². The lowest BCUT2D eigenvalue weighted by Crippen LogP contribution is -2.34. The quantitative estimate of drug-likeness (QED) is 0.219. The third-order valence-corrected chi connectivity index (χ3v) is 11.2. The predicted molar refractivity (Wildman–Crippen MR) is 199 cm³/mol. The van der Waals surface area contributed by atoms with Crippen LogP contribution >= 0.6 is 0 Å². The van der Waals surface area contributed by atoms with Gasteiger partial charge in [-0.15, -0.1) is 0 Å². The second-order valence-electron chi connectivity index (χ2n) is 14.4. The van der Waals surface area contributed by atoms with E-state index in [9.17, 15) is 4.79 Å². The number of hydrogen-bond acceptors (Lipinski definition) is 9. The molecule has 1 aliphatic carbocycles. The van der Waals surface area contributed by atoms with Gasteiger partial charge in [-0.05, 0) is 117 Å². The standard InChI is InChI=1S/C42H47N3O7/c1-44-15-13-26-19-34(47-3)37-22-30(26)32(44)17-24-7-11-29(12-8-24)51-36-21-28(31(23-35(36)48-4)43-42(46)25-9-10-25)18-33-39-27(14-16-45(33)2)20-38(49-5)40(50-6)41(39)52-37/h7-8,11-12,19-23,25,32-33H,9-10,13-18H2,1-6H3,(H,43,46)/t32-,33-/m0/s1. The van der Waals surface area contributed by atoms with E-state index in [0.29, 0.717) is 58.1 Å². The third kappa shape index (κ3) is 6.28. The highest BCUT2D eigenvalue weighted by atomic mass is 16.5. The number of nitrogens with zero attached hydrogens (tertiary/aromatic N) is 2. The van der Waals surface area contributed by atoms with E-state index in [-0.39, 0.29) is 23.9 Å². The van der Waals surface area contributed by atoms with Gasteiger partial charge in [0.25, 0.3) is 0 Å². The Hall–Kier alpha value is -4.93. The average Bonchev–Trinajstić information content (AvgIpc) is 4.01. The molecule has 1 N–H and O–H groups in total. The van der Waals surface area contributed by atoms with Crippen LogP contribution in [0, 0.1) is 5.92 Å². The number of hydrogen-bond donors (Lipinski definition) is 1. The summed E-state index contributed by atoms with van der Waals surface area (Å²) in [6.45, 7) is 1.76. The Bertz CT molecular complexity index is 2010. The molecule has 6 bridgehead atoms. The summed E-state index contributed by atoms with van der Waals surface area (Å²) in [6.07, 6.45) is 4.87. The van der Waals surface area contributed by atoms with Gasteiger partial charge in [-0.3, -0.25) is 14.6 Å². The van der Waals surface area contributed by atoms with Gasteiger partial charge in [0.2, 0.25) is 11.7 Å². The van der Waals surface area contributed by atoms with E-state index in [1.807, 2.05) is 24.3 Å². The highest BCUT2D eigenvalue weighted by molar-refractivity contribution is 5.95. The third-order valence-electron chi connectivity index (χ3n) is 11.2. The Kier molecular flexibility index (Phi) is 9.13. The van der Waals surface area contributed by atoms with Gasteiger partial charge in [0, 0.05) is 48.4 Å². The van der Waals surface area contributed by atoms with Gasteiger partial charge in [-0.1, -0.05) is 12.1 Å². The average molecular weight is 706 g/mol. The van der Waals surface area contributed by atoms with Crippen molar-refractivity contribution in [2.75, 3.05) is 60.9 Å². The van der Waals surface area contributed by atoms with Crippen molar-refractivity contribution in [3.05, 3.63) is 88.0 Å². The molecule has 4 aromatic rings. The van der Waals surface area contributed by atoms with Gasteiger partial charge < -0.3 is 33.7 Å². The Morgan fingerprint density at radius 2 is 1.37 bits per heavy atom. The van der Waals surface area contributed by atoms with E-state index >= 15 is 0 Å².